The number of hydrogen-bond acceptors (Lipinski definition) is 6. The zero-order chi connectivity index (χ0) is 22.1. The van der Waals surface area contributed by atoms with E-state index >= 15 is 0 Å². The molecule has 1 fully saturated rings. The number of halogens is 1. The highest BCUT2D eigenvalue weighted by Crippen LogP contribution is 2.49. The van der Waals surface area contributed by atoms with E-state index in [1.807, 2.05) is 54.7 Å². The molecule has 1 saturated carbocycles. The van der Waals surface area contributed by atoms with Gasteiger partial charge in [-0.3, -0.25) is 4.90 Å². The third-order valence-electron chi connectivity index (χ3n) is 6.40. The number of hydrogen-bond donors (Lipinski definition) is 2. The van der Waals surface area contributed by atoms with Crippen molar-refractivity contribution in [1.82, 2.24) is 14.9 Å². The van der Waals surface area contributed by atoms with Crippen molar-refractivity contribution in [3.63, 3.8) is 0 Å². The summed E-state index contributed by atoms with van der Waals surface area (Å²) in [5.74, 6) is 1.49. The largest absolute Gasteiger partial charge is 0.489 e. The summed E-state index contributed by atoms with van der Waals surface area (Å²) in [6.07, 6.45) is 3.26. The van der Waals surface area contributed by atoms with Crippen LogP contribution in [0.25, 0.3) is 11.4 Å². The van der Waals surface area contributed by atoms with E-state index in [4.69, 9.17) is 21.3 Å². The molecule has 2 N–H and O–H groups in total. The standard InChI is InChI=1S/C25H26ClN3O3/c26-20-3-1-2-17(12-20)15-32-21-6-4-18(5-7-21)23-27-13-19-14-29(11-8-22(19)28-23)16-25(9-10-25)24(30)31/h1-7,12-13,24,30-31H,8-11,14-16H2. The molecule has 166 valence electrons. The second kappa shape index (κ2) is 8.79. The molecule has 1 aliphatic heterocycles. The molecular formula is C25H26ClN3O3. The third-order valence-corrected chi connectivity index (χ3v) is 6.63. The summed E-state index contributed by atoms with van der Waals surface area (Å²) in [6.45, 7) is 2.79. The zero-order valence-electron chi connectivity index (χ0n) is 17.7. The highest BCUT2D eigenvalue weighted by atomic mass is 35.5. The molecule has 0 amide bonds. The van der Waals surface area contributed by atoms with Crippen molar-refractivity contribution < 1.29 is 14.9 Å². The summed E-state index contributed by atoms with van der Waals surface area (Å²) in [5, 5.41) is 20.0. The molecule has 6 nitrogen and oxygen atoms in total. The predicted octanol–water partition coefficient (Wildman–Crippen LogP) is 3.83. The monoisotopic (exact) mass is 451 g/mol. The lowest BCUT2D eigenvalue weighted by Crippen LogP contribution is -2.39. The Kier molecular flexibility index (Phi) is 5.86. The van der Waals surface area contributed by atoms with Gasteiger partial charge in [0.2, 0.25) is 0 Å². The van der Waals surface area contributed by atoms with Crippen molar-refractivity contribution in [2.75, 3.05) is 13.1 Å². The zero-order valence-corrected chi connectivity index (χ0v) is 18.5. The minimum atomic E-state index is -1.24. The van der Waals surface area contributed by atoms with E-state index < -0.39 is 6.29 Å². The Morgan fingerprint density at radius 3 is 2.66 bits per heavy atom. The highest BCUT2D eigenvalue weighted by molar-refractivity contribution is 6.30. The van der Waals surface area contributed by atoms with Crippen LogP contribution in [-0.2, 0) is 19.6 Å². The van der Waals surface area contributed by atoms with E-state index in [-0.39, 0.29) is 5.41 Å². The first kappa shape index (κ1) is 21.3. The molecule has 0 bridgehead atoms. The average molecular weight is 452 g/mol. The van der Waals surface area contributed by atoms with Crippen LogP contribution < -0.4 is 4.74 Å². The van der Waals surface area contributed by atoms with Crippen LogP contribution in [0, 0.1) is 5.41 Å². The Labute approximate surface area is 192 Å². The summed E-state index contributed by atoms with van der Waals surface area (Å²) < 4.78 is 5.86. The van der Waals surface area contributed by atoms with Gasteiger partial charge in [-0.05, 0) is 54.8 Å². The fraction of sp³-hybridized carbons (Fsp3) is 0.360. The van der Waals surface area contributed by atoms with Crippen LogP contribution in [0.3, 0.4) is 0 Å². The molecule has 0 radical (unpaired) electrons. The van der Waals surface area contributed by atoms with Crippen LogP contribution in [-0.4, -0.2) is 44.5 Å². The van der Waals surface area contributed by atoms with Gasteiger partial charge in [0.05, 0.1) is 5.69 Å². The van der Waals surface area contributed by atoms with E-state index in [0.29, 0.717) is 24.0 Å². The van der Waals surface area contributed by atoms with E-state index in [9.17, 15) is 10.2 Å². The van der Waals surface area contributed by atoms with Gasteiger partial charge < -0.3 is 14.9 Å². The second-order valence-corrected chi connectivity index (χ2v) is 9.24. The molecule has 0 unspecified atom stereocenters. The predicted molar refractivity (Wildman–Crippen MR) is 122 cm³/mol. The molecular weight excluding hydrogens is 426 g/mol. The number of fused-ring (bicyclic) bond motifs is 1. The third kappa shape index (κ3) is 4.64. The van der Waals surface area contributed by atoms with Crippen LogP contribution in [0.2, 0.25) is 5.02 Å². The molecule has 7 heteroatoms. The van der Waals surface area contributed by atoms with Crippen molar-refractivity contribution in [2.24, 2.45) is 5.41 Å². The Morgan fingerprint density at radius 1 is 1.12 bits per heavy atom. The quantitative estimate of drug-likeness (QED) is 0.531. The van der Waals surface area contributed by atoms with Crippen LogP contribution in [0.4, 0.5) is 0 Å². The molecule has 0 spiro atoms. The van der Waals surface area contributed by atoms with E-state index in [1.54, 1.807) is 0 Å². The van der Waals surface area contributed by atoms with Crippen molar-refractivity contribution >= 4 is 11.6 Å². The SMILES string of the molecule is OC(O)C1(CN2CCc3nc(-c4ccc(OCc5cccc(Cl)c5)cc4)ncc3C2)CC1. The topological polar surface area (TPSA) is 78.7 Å². The molecule has 32 heavy (non-hydrogen) atoms. The van der Waals surface area contributed by atoms with Gasteiger partial charge in [0, 0.05) is 53.8 Å². The molecule has 0 atom stereocenters. The van der Waals surface area contributed by atoms with Crippen molar-refractivity contribution in [3.8, 4) is 17.1 Å². The summed E-state index contributed by atoms with van der Waals surface area (Å²) in [7, 11) is 0. The molecule has 0 saturated heterocycles. The maximum absolute atomic E-state index is 9.64. The summed E-state index contributed by atoms with van der Waals surface area (Å²) >= 11 is 6.02. The Hall–Kier alpha value is -2.51. The van der Waals surface area contributed by atoms with Crippen LogP contribution in [0.1, 0.15) is 29.7 Å². The van der Waals surface area contributed by atoms with Crippen LogP contribution >= 0.6 is 11.6 Å². The number of aliphatic hydroxyl groups is 2. The van der Waals surface area contributed by atoms with E-state index in [1.165, 1.54) is 0 Å². The number of ether oxygens (including phenoxy) is 1. The van der Waals surface area contributed by atoms with Gasteiger partial charge in [-0.25, -0.2) is 9.97 Å². The summed E-state index contributed by atoms with van der Waals surface area (Å²) in [5.41, 5.74) is 3.82. The second-order valence-electron chi connectivity index (χ2n) is 8.81. The highest BCUT2D eigenvalue weighted by Gasteiger charge is 2.49. The number of rotatable bonds is 7. The van der Waals surface area contributed by atoms with Crippen molar-refractivity contribution in [2.45, 2.75) is 38.7 Å². The first-order valence-corrected chi connectivity index (χ1v) is 11.3. The maximum Gasteiger partial charge on any atom is 0.159 e. The van der Waals surface area contributed by atoms with E-state index in [0.717, 1.165) is 60.5 Å². The van der Waals surface area contributed by atoms with Gasteiger partial charge in [0.25, 0.3) is 0 Å². The van der Waals surface area contributed by atoms with Gasteiger partial charge in [-0.15, -0.1) is 0 Å². The molecule has 2 aromatic carbocycles. The van der Waals surface area contributed by atoms with Crippen molar-refractivity contribution in [1.29, 1.82) is 0 Å². The first-order valence-electron chi connectivity index (χ1n) is 10.9. The Morgan fingerprint density at radius 2 is 1.94 bits per heavy atom. The number of aliphatic hydroxyl groups excluding tert-OH is 1. The van der Waals surface area contributed by atoms with Gasteiger partial charge in [-0.1, -0.05) is 23.7 Å². The average Bonchev–Trinajstić information content (AvgIpc) is 3.59. The normalized spacial score (nSPS) is 17.2. The van der Waals surface area contributed by atoms with E-state index in [2.05, 4.69) is 9.88 Å². The molecule has 2 aliphatic rings. The lowest BCUT2D eigenvalue weighted by molar-refractivity contribution is -0.104. The van der Waals surface area contributed by atoms with Crippen LogP contribution in [0.15, 0.2) is 54.7 Å². The molecule has 3 aromatic rings. The van der Waals surface area contributed by atoms with Gasteiger partial charge in [0.1, 0.15) is 12.4 Å². The van der Waals surface area contributed by atoms with Crippen LogP contribution in [0.5, 0.6) is 5.75 Å². The fourth-order valence-corrected chi connectivity index (χ4v) is 4.46. The molecule has 5 rings (SSSR count). The minimum absolute atomic E-state index is 0.338. The molecule has 2 heterocycles. The van der Waals surface area contributed by atoms with Gasteiger partial charge >= 0.3 is 0 Å². The Bertz CT molecular complexity index is 1100. The lowest BCUT2D eigenvalue weighted by Gasteiger charge is -2.32. The number of nitrogens with zero attached hydrogens (tertiary/aromatic N) is 3. The minimum Gasteiger partial charge on any atom is -0.489 e. The summed E-state index contributed by atoms with van der Waals surface area (Å²) in [4.78, 5) is 11.7. The summed E-state index contributed by atoms with van der Waals surface area (Å²) in [6, 6.07) is 15.5. The lowest BCUT2D eigenvalue weighted by atomic mass is 10.0. The van der Waals surface area contributed by atoms with Gasteiger partial charge in [-0.2, -0.15) is 0 Å². The van der Waals surface area contributed by atoms with Gasteiger partial charge in [0.15, 0.2) is 12.1 Å². The fourth-order valence-electron chi connectivity index (χ4n) is 4.25. The number of aromatic nitrogens is 2. The molecule has 1 aliphatic carbocycles. The van der Waals surface area contributed by atoms with Crippen molar-refractivity contribution in [3.05, 3.63) is 76.6 Å². The molecule has 1 aromatic heterocycles. The smallest absolute Gasteiger partial charge is 0.159 e. The Balaban J connectivity index is 1.22. The maximum atomic E-state index is 9.64. The number of benzene rings is 2. The first-order chi connectivity index (χ1) is 15.5.